The first-order chi connectivity index (χ1) is 15.6. The summed E-state index contributed by atoms with van der Waals surface area (Å²) < 4.78 is 1.99. The molecule has 1 aliphatic rings. The Labute approximate surface area is 189 Å². The van der Waals surface area contributed by atoms with Gasteiger partial charge in [0, 0.05) is 32.4 Å². The lowest BCUT2D eigenvalue weighted by Crippen LogP contribution is -2.49. The molecule has 8 nitrogen and oxygen atoms in total. The van der Waals surface area contributed by atoms with E-state index in [1.54, 1.807) is 0 Å². The van der Waals surface area contributed by atoms with E-state index in [0.29, 0.717) is 19.1 Å². The third-order valence-electron chi connectivity index (χ3n) is 5.91. The van der Waals surface area contributed by atoms with Gasteiger partial charge in [0.2, 0.25) is 0 Å². The Hall–Kier alpha value is -3.42. The monoisotopic (exact) mass is 432 g/mol. The van der Waals surface area contributed by atoms with Crippen molar-refractivity contribution in [3.63, 3.8) is 0 Å². The molecule has 4 rings (SSSR count). The van der Waals surface area contributed by atoms with Gasteiger partial charge in [-0.25, -0.2) is 9.98 Å². The zero-order valence-corrected chi connectivity index (χ0v) is 19.1. The molecule has 168 valence electrons. The number of aliphatic imine (C=N–C) groups is 1. The van der Waals surface area contributed by atoms with Crippen LogP contribution in [0.3, 0.4) is 0 Å². The van der Waals surface area contributed by atoms with Gasteiger partial charge < -0.3 is 20.1 Å². The van der Waals surface area contributed by atoms with Crippen molar-refractivity contribution >= 4 is 11.8 Å². The zero-order valence-electron chi connectivity index (χ0n) is 19.1. The minimum absolute atomic E-state index is 0.361. The maximum atomic E-state index is 4.84. The molecule has 0 atom stereocenters. The fourth-order valence-electron chi connectivity index (χ4n) is 3.77. The van der Waals surface area contributed by atoms with Crippen LogP contribution in [0.2, 0.25) is 0 Å². The highest BCUT2D eigenvalue weighted by atomic mass is 15.3. The molecule has 1 fully saturated rings. The molecule has 1 aromatic carbocycles. The second kappa shape index (κ2) is 10.3. The topological polar surface area (TPSA) is 83.3 Å². The van der Waals surface area contributed by atoms with E-state index < -0.39 is 0 Å². The first-order valence-electron chi connectivity index (χ1n) is 11.2. The number of hydrogen-bond donors (Lipinski definition) is 2. The number of pyridine rings is 1. The lowest BCUT2D eigenvalue weighted by molar-refractivity contribution is 0.458. The quantitative estimate of drug-likeness (QED) is 0.460. The maximum absolute atomic E-state index is 4.84. The molecule has 0 bridgehead atoms. The van der Waals surface area contributed by atoms with Gasteiger partial charge in [0.05, 0.1) is 13.1 Å². The lowest BCUT2D eigenvalue weighted by Gasteiger charge is -2.34. The summed E-state index contributed by atoms with van der Waals surface area (Å²) in [6, 6.07) is 14.9. The third kappa shape index (κ3) is 5.63. The summed E-state index contributed by atoms with van der Waals surface area (Å²) in [4.78, 5) is 11.8. The molecule has 0 aliphatic carbocycles. The van der Waals surface area contributed by atoms with Crippen LogP contribution in [0.5, 0.6) is 0 Å². The van der Waals surface area contributed by atoms with Crippen LogP contribution < -0.4 is 15.5 Å². The van der Waals surface area contributed by atoms with Crippen LogP contribution >= 0.6 is 0 Å². The summed E-state index contributed by atoms with van der Waals surface area (Å²) in [5.41, 5.74) is 2.37. The largest absolute Gasteiger partial charge is 0.356 e. The molecule has 0 amide bonds. The molecule has 2 aromatic heterocycles. The first-order valence-corrected chi connectivity index (χ1v) is 11.2. The normalized spacial score (nSPS) is 15.1. The summed E-state index contributed by atoms with van der Waals surface area (Å²) in [5, 5.41) is 15.5. The Bertz CT molecular complexity index is 1020. The molecule has 32 heavy (non-hydrogen) atoms. The molecule has 3 heterocycles. The first kappa shape index (κ1) is 21.8. The highest BCUT2D eigenvalue weighted by Crippen LogP contribution is 2.18. The van der Waals surface area contributed by atoms with Gasteiger partial charge in [0.25, 0.3) is 0 Å². The number of guanidine groups is 1. The van der Waals surface area contributed by atoms with E-state index >= 15 is 0 Å². The van der Waals surface area contributed by atoms with Crippen molar-refractivity contribution in [2.75, 3.05) is 18.0 Å². The van der Waals surface area contributed by atoms with Gasteiger partial charge in [-0.1, -0.05) is 36.4 Å². The molecular weight excluding hydrogens is 400 g/mol. The van der Waals surface area contributed by atoms with Gasteiger partial charge in [-0.05, 0) is 43.9 Å². The van der Waals surface area contributed by atoms with Crippen LogP contribution in [0.4, 0.5) is 5.82 Å². The van der Waals surface area contributed by atoms with E-state index in [1.165, 1.54) is 11.1 Å². The van der Waals surface area contributed by atoms with E-state index in [9.17, 15) is 0 Å². The molecule has 8 heteroatoms. The van der Waals surface area contributed by atoms with Crippen LogP contribution in [0.15, 0.2) is 53.7 Å². The summed E-state index contributed by atoms with van der Waals surface area (Å²) in [6.07, 6.45) is 4.00. The third-order valence-corrected chi connectivity index (χ3v) is 5.91. The molecule has 0 spiro atoms. The molecule has 0 unspecified atom stereocenters. The zero-order chi connectivity index (χ0) is 22.3. The average molecular weight is 433 g/mol. The summed E-state index contributed by atoms with van der Waals surface area (Å²) >= 11 is 0. The number of aryl methyl sites for hydroxylation is 2. The van der Waals surface area contributed by atoms with E-state index in [0.717, 1.165) is 49.4 Å². The maximum Gasteiger partial charge on any atom is 0.192 e. The number of anilines is 1. The summed E-state index contributed by atoms with van der Waals surface area (Å²) in [5.74, 6) is 3.65. The summed E-state index contributed by atoms with van der Waals surface area (Å²) in [6.45, 7) is 7.17. The minimum atomic E-state index is 0.361. The van der Waals surface area contributed by atoms with Gasteiger partial charge in [-0.3, -0.25) is 0 Å². The van der Waals surface area contributed by atoms with E-state index in [-0.39, 0.29) is 0 Å². The molecule has 0 radical (unpaired) electrons. The number of aromatic nitrogens is 4. The molecule has 0 saturated carbocycles. The van der Waals surface area contributed by atoms with Crippen molar-refractivity contribution in [2.24, 2.45) is 12.0 Å². The summed E-state index contributed by atoms with van der Waals surface area (Å²) in [7, 11) is 1.98. The molecule has 3 aromatic rings. The predicted octanol–water partition coefficient (Wildman–Crippen LogP) is 2.73. The van der Waals surface area contributed by atoms with Gasteiger partial charge in [0.15, 0.2) is 11.8 Å². The number of nitrogens with one attached hydrogen (secondary N) is 2. The Kier molecular flexibility index (Phi) is 6.99. The number of nitrogens with zero attached hydrogens (tertiary/aromatic N) is 6. The molecule has 2 N–H and O–H groups in total. The van der Waals surface area contributed by atoms with Gasteiger partial charge in [-0.15, -0.1) is 10.2 Å². The van der Waals surface area contributed by atoms with Crippen molar-refractivity contribution < 1.29 is 0 Å². The molecular formula is C24H32N8. The number of hydrogen-bond acceptors (Lipinski definition) is 5. The second-order valence-electron chi connectivity index (χ2n) is 8.33. The highest BCUT2D eigenvalue weighted by Gasteiger charge is 2.21. The standard InChI is InChI=1S/C24H32N8/c1-18-9-10-22(25-15-18)32-13-11-21(12-14-32)28-24(26-16-20-7-5-4-6-8-20)27-17-23-30-29-19(2)31(23)3/h4-10,15,21H,11-14,16-17H2,1-3H3,(H2,26,27,28). The van der Waals surface area contributed by atoms with Crippen LogP contribution in [0.25, 0.3) is 0 Å². The number of piperidine rings is 1. The van der Waals surface area contributed by atoms with Gasteiger partial charge >= 0.3 is 0 Å². The molecule has 1 saturated heterocycles. The van der Waals surface area contributed by atoms with E-state index in [2.05, 4.69) is 61.9 Å². The van der Waals surface area contributed by atoms with Gasteiger partial charge in [-0.2, -0.15) is 0 Å². The van der Waals surface area contributed by atoms with Crippen LogP contribution in [-0.4, -0.2) is 44.8 Å². The minimum Gasteiger partial charge on any atom is -0.356 e. The van der Waals surface area contributed by atoms with Crippen LogP contribution in [0, 0.1) is 13.8 Å². The van der Waals surface area contributed by atoms with Gasteiger partial charge in [0.1, 0.15) is 11.6 Å². The Morgan fingerprint density at radius 1 is 1.06 bits per heavy atom. The fraction of sp³-hybridized carbons (Fsp3) is 0.417. The number of rotatable bonds is 6. The van der Waals surface area contributed by atoms with Crippen molar-refractivity contribution in [1.82, 2.24) is 30.4 Å². The Morgan fingerprint density at radius 2 is 1.84 bits per heavy atom. The van der Waals surface area contributed by atoms with Crippen molar-refractivity contribution in [3.05, 3.63) is 71.4 Å². The van der Waals surface area contributed by atoms with E-state index in [4.69, 9.17) is 4.99 Å². The fourth-order valence-corrected chi connectivity index (χ4v) is 3.77. The molecule has 1 aliphatic heterocycles. The predicted molar refractivity (Wildman–Crippen MR) is 128 cm³/mol. The smallest absolute Gasteiger partial charge is 0.192 e. The Balaban J connectivity index is 1.38. The van der Waals surface area contributed by atoms with Crippen molar-refractivity contribution in [1.29, 1.82) is 0 Å². The van der Waals surface area contributed by atoms with Crippen LogP contribution in [0.1, 0.15) is 35.6 Å². The van der Waals surface area contributed by atoms with Crippen LogP contribution in [-0.2, 0) is 20.1 Å². The van der Waals surface area contributed by atoms with E-state index in [1.807, 2.05) is 42.9 Å². The van der Waals surface area contributed by atoms with Crippen molar-refractivity contribution in [3.8, 4) is 0 Å². The SMILES string of the molecule is Cc1ccc(N2CCC(NC(=NCc3ccccc3)NCc3nnc(C)n3C)CC2)nc1. The van der Waals surface area contributed by atoms with Crippen molar-refractivity contribution in [2.45, 2.75) is 45.8 Å². The number of benzene rings is 1. The highest BCUT2D eigenvalue weighted by molar-refractivity contribution is 5.80. The second-order valence-corrected chi connectivity index (χ2v) is 8.33. The lowest BCUT2D eigenvalue weighted by atomic mass is 10.1. The average Bonchev–Trinajstić information content (AvgIpc) is 3.15. The Morgan fingerprint density at radius 3 is 2.50 bits per heavy atom.